The van der Waals surface area contributed by atoms with Crippen molar-refractivity contribution in [3.8, 4) is 11.5 Å². The second kappa shape index (κ2) is 8.43. The first-order valence-corrected chi connectivity index (χ1v) is 9.58. The Morgan fingerprint density at radius 2 is 1.84 bits per heavy atom. The molecule has 1 aromatic carbocycles. The first-order chi connectivity index (χ1) is 14.9. The lowest BCUT2D eigenvalue weighted by Gasteiger charge is -2.33. The standard InChI is InChI=1S/C17H16ClN3O4.C2HF3O2/c1-21-12-7-9(14-20-11(8-25-14)15(22)23)6-10(18)13(12)17(16(21)24)2-4-19-5-3-17;3-2(4,5)1(6)7/h6-8,19H,2-5H2,1H3,(H,22,23);(H,6,7). The number of likely N-dealkylation sites (N-methyl/N-ethyl adjacent to an activating group) is 1. The molecule has 4 rings (SSSR count). The maximum atomic E-state index is 13.0. The lowest BCUT2D eigenvalue weighted by Crippen LogP contribution is -2.46. The molecule has 0 aliphatic carbocycles. The molecule has 13 heteroatoms. The van der Waals surface area contributed by atoms with Crippen LogP contribution in [0.25, 0.3) is 11.5 Å². The van der Waals surface area contributed by atoms with E-state index in [-0.39, 0.29) is 17.5 Å². The minimum absolute atomic E-state index is 0.0432. The predicted octanol–water partition coefficient (Wildman–Crippen LogP) is 2.92. The molecule has 0 saturated carbocycles. The number of rotatable bonds is 2. The van der Waals surface area contributed by atoms with Crippen molar-refractivity contribution in [1.29, 1.82) is 0 Å². The molecule has 0 atom stereocenters. The summed E-state index contributed by atoms with van der Waals surface area (Å²) in [4.78, 5) is 38.4. The van der Waals surface area contributed by atoms with E-state index in [1.807, 2.05) is 0 Å². The molecular formula is C19H17ClF3N3O6. The van der Waals surface area contributed by atoms with Gasteiger partial charge in [0.15, 0.2) is 5.69 Å². The maximum absolute atomic E-state index is 13.0. The Bertz CT molecular complexity index is 1080. The van der Waals surface area contributed by atoms with Gasteiger partial charge in [0, 0.05) is 28.9 Å². The van der Waals surface area contributed by atoms with Crippen LogP contribution >= 0.6 is 11.6 Å². The molecule has 0 unspecified atom stereocenters. The molecule has 0 bridgehead atoms. The third kappa shape index (κ3) is 4.15. The topological polar surface area (TPSA) is 133 Å². The van der Waals surface area contributed by atoms with E-state index >= 15 is 0 Å². The van der Waals surface area contributed by atoms with Crippen LogP contribution in [0.5, 0.6) is 0 Å². The summed E-state index contributed by atoms with van der Waals surface area (Å²) in [6.07, 6.45) is -2.60. The van der Waals surface area contributed by atoms with Crippen LogP contribution in [0.3, 0.4) is 0 Å². The summed E-state index contributed by atoms with van der Waals surface area (Å²) in [6.45, 7) is 1.53. The van der Waals surface area contributed by atoms with Gasteiger partial charge in [-0.25, -0.2) is 14.6 Å². The number of aromatic nitrogens is 1. The van der Waals surface area contributed by atoms with Gasteiger partial charge >= 0.3 is 18.1 Å². The van der Waals surface area contributed by atoms with Crippen molar-refractivity contribution in [3.63, 3.8) is 0 Å². The maximum Gasteiger partial charge on any atom is 0.490 e. The molecule has 2 aromatic rings. The summed E-state index contributed by atoms with van der Waals surface area (Å²) < 4.78 is 37.0. The molecule has 1 saturated heterocycles. The highest BCUT2D eigenvalue weighted by Gasteiger charge is 2.51. The zero-order valence-electron chi connectivity index (χ0n) is 16.5. The van der Waals surface area contributed by atoms with Crippen LogP contribution < -0.4 is 10.2 Å². The van der Waals surface area contributed by atoms with E-state index in [0.29, 0.717) is 23.4 Å². The van der Waals surface area contributed by atoms with Crippen molar-refractivity contribution >= 4 is 35.1 Å². The number of anilines is 1. The van der Waals surface area contributed by atoms with E-state index in [1.54, 1.807) is 24.1 Å². The summed E-state index contributed by atoms with van der Waals surface area (Å²) in [5.74, 6) is -3.72. The second-order valence-electron chi connectivity index (χ2n) is 7.19. The number of carboxylic acids is 2. The minimum atomic E-state index is -5.08. The first-order valence-electron chi connectivity index (χ1n) is 9.20. The quantitative estimate of drug-likeness (QED) is 0.604. The number of halogens is 4. The summed E-state index contributed by atoms with van der Waals surface area (Å²) >= 11 is 6.56. The van der Waals surface area contributed by atoms with Crippen LogP contribution in [-0.2, 0) is 15.0 Å². The van der Waals surface area contributed by atoms with Gasteiger partial charge in [-0.05, 0) is 38.1 Å². The van der Waals surface area contributed by atoms with Gasteiger partial charge in [0.05, 0.1) is 5.41 Å². The third-order valence-corrected chi connectivity index (χ3v) is 5.59. The Kier molecular flexibility index (Phi) is 6.20. The fraction of sp³-hybridized carbons (Fsp3) is 0.368. The molecule has 0 radical (unpaired) electrons. The number of hydrogen-bond acceptors (Lipinski definition) is 6. The molecule has 32 heavy (non-hydrogen) atoms. The molecule has 1 fully saturated rings. The SMILES string of the molecule is CN1C(=O)C2(CCNCC2)c2c(Cl)cc(-c3nc(C(=O)O)co3)cc21.O=C(O)C(F)(F)F. The highest BCUT2D eigenvalue weighted by atomic mass is 35.5. The molecule has 3 heterocycles. The molecule has 172 valence electrons. The Balaban J connectivity index is 0.000000360. The summed E-state index contributed by atoms with van der Waals surface area (Å²) in [5, 5.41) is 19.9. The number of carbonyl (C=O) groups excluding carboxylic acids is 1. The van der Waals surface area contributed by atoms with Gasteiger partial charge < -0.3 is 24.8 Å². The van der Waals surface area contributed by atoms with Gasteiger partial charge in [0.2, 0.25) is 11.8 Å². The lowest BCUT2D eigenvalue weighted by atomic mass is 9.74. The van der Waals surface area contributed by atoms with Crippen LogP contribution in [0.1, 0.15) is 28.9 Å². The highest BCUT2D eigenvalue weighted by Crippen LogP contribution is 2.50. The van der Waals surface area contributed by atoms with E-state index in [4.69, 9.17) is 31.0 Å². The van der Waals surface area contributed by atoms with Crippen molar-refractivity contribution < 1.29 is 42.2 Å². The zero-order valence-corrected chi connectivity index (χ0v) is 17.3. The van der Waals surface area contributed by atoms with E-state index in [2.05, 4.69) is 10.3 Å². The number of nitrogens with zero attached hydrogens (tertiary/aromatic N) is 2. The Hall–Kier alpha value is -3.12. The average Bonchev–Trinajstić information content (AvgIpc) is 3.29. The van der Waals surface area contributed by atoms with Gasteiger partial charge in [0.25, 0.3) is 0 Å². The van der Waals surface area contributed by atoms with E-state index in [1.165, 1.54) is 0 Å². The number of alkyl halides is 3. The van der Waals surface area contributed by atoms with Crippen LogP contribution in [0.4, 0.5) is 18.9 Å². The van der Waals surface area contributed by atoms with E-state index < -0.39 is 23.5 Å². The molecular weight excluding hydrogens is 459 g/mol. The first kappa shape index (κ1) is 23.5. The van der Waals surface area contributed by atoms with Crippen molar-refractivity contribution in [1.82, 2.24) is 10.3 Å². The monoisotopic (exact) mass is 475 g/mol. The van der Waals surface area contributed by atoms with Crippen LogP contribution in [0, 0.1) is 0 Å². The number of piperidine rings is 1. The Morgan fingerprint density at radius 3 is 2.34 bits per heavy atom. The normalized spacial score (nSPS) is 17.0. The smallest absolute Gasteiger partial charge is 0.476 e. The summed E-state index contributed by atoms with van der Waals surface area (Å²) in [6, 6.07) is 3.47. The number of nitrogens with one attached hydrogen (secondary N) is 1. The number of hydrogen-bond donors (Lipinski definition) is 3. The molecule has 3 N–H and O–H groups in total. The second-order valence-corrected chi connectivity index (χ2v) is 7.60. The molecule has 1 aromatic heterocycles. The average molecular weight is 476 g/mol. The van der Waals surface area contributed by atoms with Crippen LogP contribution in [0.15, 0.2) is 22.8 Å². The fourth-order valence-corrected chi connectivity index (χ4v) is 4.21. The predicted molar refractivity (Wildman–Crippen MR) is 105 cm³/mol. The fourth-order valence-electron chi connectivity index (χ4n) is 3.81. The van der Waals surface area contributed by atoms with Crippen LogP contribution in [0.2, 0.25) is 5.02 Å². The van der Waals surface area contributed by atoms with Crippen molar-refractivity contribution in [2.75, 3.05) is 25.0 Å². The van der Waals surface area contributed by atoms with Crippen molar-refractivity contribution in [2.24, 2.45) is 0 Å². The molecule has 1 amide bonds. The van der Waals surface area contributed by atoms with Gasteiger partial charge in [-0.3, -0.25) is 4.79 Å². The lowest BCUT2D eigenvalue weighted by molar-refractivity contribution is -0.192. The van der Waals surface area contributed by atoms with Crippen molar-refractivity contribution in [3.05, 3.63) is 34.7 Å². The molecule has 1 spiro atoms. The number of oxazole rings is 1. The number of carbonyl (C=O) groups is 3. The number of aliphatic carboxylic acids is 1. The summed E-state index contributed by atoms with van der Waals surface area (Å²) in [7, 11) is 1.73. The van der Waals surface area contributed by atoms with E-state index in [0.717, 1.165) is 30.6 Å². The zero-order chi connectivity index (χ0) is 23.8. The third-order valence-electron chi connectivity index (χ3n) is 5.29. The number of fused-ring (bicyclic) bond motifs is 2. The number of carboxylic acid groups (broad SMARTS) is 2. The number of amides is 1. The largest absolute Gasteiger partial charge is 0.490 e. The summed E-state index contributed by atoms with van der Waals surface area (Å²) in [5.41, 5.74) is 1.35. The van der Waals surface area contributed by atoms with E-state index in [9.17, 15) is 22.8 Å². The van der Waals surface area contributed by atoms with Gasteiger partial charge in [-0.2, -0.15) is 13.2 Å². The molecule has 9 nitrogen and oxygen atoms in total. The van der Waals surface area contributed by atoms with Gasteiger partial charge in [-0.1, -0.05) is 11.6 Å². The minimum Gasteiger partial charge on any atom is -0.476 e. The number of benzene rings is 1. The molecule has 2 aliphatic rings. The highest BCUT2D eigenvalue weighted by molar-refractivity contribution is 6.33. The van der Waals surface area contributed by atoms with Gasteiger partial charge in [0.1, 0.15) is 6.26 Å². The Morgan fingerprint density at radius 1 is 1.25 bits per heavy atom. The van der Waals surface area contributed by atoms with Crippen LogP contribution in [-0.4, -0.2) is 59.4 Å². The van der Waals surface area contributed by atoms with Gasteiger partial charge in [-0.15, -0.1) is 0 Å². The molecule has 2 aliphatic heterocycles. The Labute approximate surface area is 183 Å². The number of aromatic carboxylic acids is 1. The van der Waals surface area contributed by atoms with Crippen molar-refractivity contribution in [2.45, 2.75) is 24.4 Å².